The molecule has 0 amide bonds. The van der Waals surface area contributed by atoms with Crippen LogP contribution in [0.2, 0.25) is 5.02 Å². The Kier molecular flexibility index (Phi) is 3.53. The Morgan fingerprint density at radius 2 is 1.94 bits per heavy atom. The van der Waals surface area contributed by atoms with E-state index in [4.69, 9.17) is 21.4 Å². The fourth-order valence-electron chi connectivity index (χ4n) is 1.76. The lowest BCUT2D eigenvalue weighted by Gasteiger charge is -2.10. The molecule has 0 aromatic heterocycles. The van der Waals surface area contributed by atoms with E-state index in [2.05, 4.69) is 0 Å². The van der Waals surface area contributed by atoms with Crippen LogP contribution in [0.4, 0.5) is 0 Å². The van der Waals surface area contributed by atoms with Crippen molar-refractivity contribution in [1.29, 1.82) is 0 Å². The number of halogens is 1. The Balaban J connectivity index is 2.61. The smallest absolute Gasteiger partial charge is 0.335 e. The summed E-state index contributed by atoms with van der Waals surface area (Å²) >= 11 is 6.15. The monoisotopic (exact) mass is 262 g/mol. The molecule has 3 nitrogen and oxygen atoms in total. The second-order valence-electron chi connectivity index (χ2n) is 3.70. The molecule has 0 heterocycles. The number of carbonyl (C=O) groups is 1. The lowest BCUT2D eigenvalue weighted by Crippen LogP contribution is -1.96. The fourth-order valence-corrected chi connectivity index (χ4v) is 2.04. The van der Waals surface area contributed by atoms with Crippen LogP contribution in [-0.2, 0) is 0 Å². The van der Waals surface area contributed by atoms with E-state index in [1.807, 2.05) is 0 Å². The van der Waals surface area contributed by atoms with Crippen LogP contribution in [0, 0.1) is 0 Å². The molecule has 0 fully saturated rings. The first-order valence-corrected chi connectivity index (χ1v) is 5.67. The van der Waals surface area contributed by atoms with Gasteiger partial charge in [-0.05, 0) is 29.8 Å². The number of ether oxygens (including phenoxy) is 1. The third kappa shape index (κ3) is 2.31. The molecule has 2 rings (SSSR count). The first-order valence-electron chi connectivity index (χ1n) is 5.29. The average molecular weight is 263 g/mol. The molecular formula is C14H11ClO3. The largest absolute Gasteiger partial charge is 0.496 e. The summed E-state index contributed by atoms with van der Waals surface area (Å²) in [5.74, 6) is -0.354. The lowest BCUT2D eigenvalue weighted by atomic mass is 10.0. The van der Waals surface area contributed by atoms with Crippen molar-refractivity contribution in [2.24, 2.45) is 0 Å². The molecule has 0 atom stereocenters. The first kappa shape index (κ1) is 12.5. The molecule has 18 heavy (non-hydrogen) atoms. The first-order chi connectivity index (χ1) is 8.63. The molecule has 0 aliphatic heterocycles. The number of methoxy groups -OCH3 is 1. The van der Waals surface area contributed by atoms with Crippen LogP contribution < -0.4 is 4.74 Å². The Morgan fingerprint density at radius 1 is 1.22 bits per heavy atom. The molecule has 0 radical (unpaired) electrons. The molecule has 0 bridgehead atoms. The van der Waals surface area contributed by atoms with E-state index in [0.29, 0.717) is 16.3 Å². The summed E-state index contributed by atoms with van der Waals surface area (Å²) in [6, 6.07) is 11.9. The van der Waals surface area contributed by atoms with E-state index < -0.39 is 5.97 Å². The molecule has 2 aromatic rings. The zero-order valence-electron chi connectivity index (χ0n) is 9.68. The topological polar surface area (TPSA) is 46.5 Å². The predicted octanol–water partition coefficient (Wildman–Crippen LogP) is 3.71. The number of hydrogen-bond donors (Lipinski definition) is 1. The minimum absolute atomic E-state index is 0.217. The van der Waals surface area contributed by atoms with E-state index in [0.717, 1.165) is 5.56 Å². The second kappa shape index (κ2) is 5.10. The van der Waals surface area contributed by atoms with E-state index in [-0.39, 0.29) is 5.56 Å². The average Bonchev–Trinajstić information content (AvgIpc) is 2.38. The predicted molar refractivity (Wildman–Crippen MR) is 70.4 cm³/mol. The molecule has 0 spiro atoms. The van der Waals surface area contributed by atoms with Gasteiger partial charge in [0.05, 0.1) is 17.7 Å². The lowest BCUT2D eigenvalue weighted by molar-refractivity contribution is 0.0697. The van der Waals surface area contributed by atoms with Crippen molar-refractivity contribution < 1.29 is 14.6 Å². The third-order valence-electron chi connectivity index (χ3n) is 2.59. The minimum Gasteiger partial charge on any atom is -0.496 e. The number of aromatic carboxylic acids is 1. The van der Waals surface area contributed by atoms with Crippen molar-refractivity contribution in [3.8, 4) is 16.9 Å². The summed E-state index contributed by atoms with van der Waals surface area (Å²) in [6.07, 6.45) is 0. The van der Waals surface area contributed by atoms with E-state index in [1.54, 1.807) is 43.5 Å². The Bertz CT molecular complexity index is 593. The van der Waals surface area contributed by atoms with Gasteiger partial charge in [0.15, 0.2) is 0 Å². The quantitative estimate of drug-likeness (QED) is 0.917. The van der Waals surface area contributed by atoms with Crippen LogP contribution in [-0.4, -0.2) is 18.2 Å². The van der Waals surface area contributed by atoms with E-state index in [1.165, 1.54) is 6.07 Å². The maximum atomic E-state index is 11.0. The van der Waals surface area contributed by atoms with Crippen LogP contribution in [0.25, 0.3) is 11.1 Å². The highest BCUT2D eigenvalue weighted by Crippen LogP contribution is 2.36. The maximum absolute atomic E-state index is 11.0. The Labute approximate surface area is 110 Å². The molecule has 1 N–H and O–H groups in total. The molecule has 2 aromatic carbocycles. The van der Waals surface area contributed by atoms with Gasteiger partial charge in [-0.2, -0.15) is 0 Å². The molecule has 4 heteroatoms. The van der Waals surface area contributed by atoms with Crippen LogP contribution in [0.5, 0.6) is 5.75 Å². The second-order valence-corrected chi connectivity index (χ2v) is 4.11. The molecule has 92 valence electrons. The standard InChI is InChI=1S/C14H11ClO3/c1-18-12-7-3-6-11(15)13(12)9-4-2-5-10(8-9)14(16)17/h2-8H,1H3,(H,16,17). The zero-order chi connectivity index (χ0) is 13.1. The highest BCUT2D eigenvalue weighted by Gasteiger charge is 2.12. The van der Waals surface area contributed by atoms with Gasteiger partial charge < -0.3 is 9.84 Å². The summed E-state index contributed by atoms with van der Waals surface area (Å²) in [5.41, 5.74) is 1.64. The molecule has 0 unspecified atom stereocenters. The van der Waals surface area contributed by atoms with Gasteiger partial charge in [-0.15, -0.1) is 0 Å². The van der Waals surface area contributed by atoms with Crippen molar-refractivity contribution in [3.05, 3.63) is 53.1 Å². The van der Waals surface area contributed by atoms with Crippen molar-refractivity contribution in [3.63, 3.8) is 0 Å². The van der Waals surface area contributed by atoms with Crippen molar-refractivity contribution >= 4 is 17.6 Å². The van der Waals surface area contributed by atoms with Crippen LogP contribution in [0.1, 0.15) is 10.4 Å². The summed E-state index contributed by atoms with van der Waals surface area (Å²) in [6.45, 7) is 0. The molecule has 0 saturated heterocycles. The van der Waals surface area contributed by atoms with Crippen molar-refractivity contribution in [2.45, 2.75) is 0 Å². The van der Waals surface area contributed by atoms with Crippen LogP contribution in [0.15, 0.2) is 42.5 Å². The number of rotatable bonds is 3. The summed E-state index contributed by atoms with van der Waals surface area (Å²) in [7, 11) is 1.55. The highest BCUT2D eigenvalue weighted by molar-refractivity contribution is 6.33. The number of carboxylic acid groups (broad SMARTS) is 1. The molecular weight excluding hydrogens is 252 g/mol. The summed E-state index contributed by atoms with van der Waals surface area (Å²) in [4.78, 5) is 11.0. The number of benzene rings is 2. The third-order valence-corrected chi connectivity index (χ3v) is 2.91. The normalized spacial score (nSPS) is 10.1. The van der Waals surface area contributed by atoms with Crippen LogP contribution in [0.3, 0.4) is 0 Å². The summed E-state index contributed by atoms with van der Waals surface area (Å²) in [5, 5.41) is 9.51. The van der Waals surface area contributed by atoms with E-state index >= 15 is 0 Å². The Morgan fingerprint density at radius 3 is 2.61 bits per heavy atom. The molecule has 0 aliphatic carbocycles. The highest BCUT2D eigenvalue weighted by atomic mass is 35.5. The van der Waals surface area contributed by atoms with Crippen molar-refractivity contribution in [2.75, 3.05) is 7.11 Å². The van der Waals surface area contributed by atoms with Gasteiger partial charge in [0.25, 0.3) is 0 Å². The molecule has 0 saturated carbocycles. The zero-order valence-corrected chi connectivity index (χ0v) is 10.4. The van der Waals surface area contributed by atoms with Gasteiger partial charge in [-0.25, -0.2) is 4.79 Å². The van der Waals surface area contributed by atoms with E-state index in [9.17, 15) is 4.79 Å². The SMILES string of the molecule is COc1cccc(Cl)c1-c1cccc(C(=O)O)c1. The minimum atomic E-state index is -0.970. The fraction of sp³-hybridized carbons (Fsp3) is 0.0714. The summed E-state index contributed by atoms with van der Waals surface area (Å²) < 4.78 is 5.25. The number of hydrogen-bond acceptors (Lipinski definition) is 2. The molecule has 0 aliphatic rings. The van der Waals surface area contributed by atoms with Gasteiger partial charge >= 0.3 is 5.97 Å². The number of carboxylic acids is 1. The van der Waals surface area contributed by atoms with Gasteiger partial charge in [-0.1, -0.05) is 29.8 Å². The van der Waals surface area contributed by atoms with Gasteiger partial charge in [0, 0.05) is 5.56 Å². The maximum Gasteiger partial charge on any atom is 0.335 e. The van der Waals surface area contributed by atoms with Gasteiger partial charge in [0.1, 0.15) is 5.75 Å². The van der Waals surface area contributed by atoms with Crippen molar-refractivity contribution in [1.82, 2.24) is 0 Å². The van der Waals surface area contributed by atoms with Crippen LogP contribution >= 0.6 is 11.6 Å². The van der Waals surface area contributed by atoms with Gasteiger partial charge in [-0.3, -0.25) is 0 Å². The Hall–Kier alpha value is -2.00. The van der Waals surface area contributed by atoms with Gasteiger partial charge in [0.2, 0.25) is 0 Å².